The predicted octanol–water partition coefficient (Wildman–Crippen LogP) is 1.25. The number of aromatic nitrogens is 2. The lowest BCUT2D eigenvalue weighted by molar-refractivity contribution is -0.136. The molecule has 4 amide bonds. The number of nitrogens with one attached hydrogen (secondary N) is 2. The van der Waals surface area contributed by atoms with Gasteiger partial charge in [0.1, 0.15) is 18.2 Å². The third-order valence-electron chi connectivity index (χ3n) is 10.3. The van der Waals surface area contributed by atoms with E-state index >= 15 is 0 Å². The second-order valence-corrected chi connectivity index (χ2v) is 15.6. The molecule has 7 rings (SSSR count). The molecule has 3 aliphatic heterocycles. The van der Waals surface area contributed by atoms with Crippen molar-refractivity contribution < 1.29 is 37.0 Å². The molecule has 1 radical (unpaired) electrons. The average molecular weight is 742 g/mol. The van der Waals surface area contributed by atoms with E-state index in [0.29, 0.717) is 37.8 Å². The number of carbonyl (C=O) groups is 4. The van der Waals surface area contributed by atoms with Gasteiger partial charge in [0.25, 0.3) is 11.8 Å². The Hall–Kier alpha value is -4.96. The number of anilines is 1. The molecular weight excluding hydrogens is 703 g/mol. The van der Waals surface area contributed by atoms with E-state index in [0.717, 1.165) is 47.3 Å². The highest BCUT2D eigenvalue weighted by Gasteiger charge is 2.44. The first-order valence-corrected chi connectivity index (χ1v) is 19.3. The summed E-state index contributed by atoms with van der Waals surface area (Å²) in [6.45, 7) is 2.13. The molecule has 16 nitrogen and oxygen atoms in total. The first-order chi connectivity index (χ1) is 25.6. The topological polar surface area (TPSA) is 204 Å². The van der Waals surface area contributed by atoms with Gasteiger partial charge >= 0.3 is 7.48 Å². The van der Waals surface area contributed by atoms with E-state index in [1.807, 2.05) is 12.1 Å². The molecule has 275 valence electrons. The fourth-order valence-electron chi connectivity index (χ4n) is 7.45. The lowest BCUT2D eigenvalue weighted by atomic mass is 9.89. The SMILES string of the molecule is N#Cc1ccc2ncnc(NC3CCC(N4CCN(S(=O)(=O)CCOC[B]Oc5ccc6c(c5)C(=O)N(C5CCC(=O)NC5=O)C6=O)CC4)CC3)c2c1. The second-order valence-electron chi connectivity index (χ2n) is 13.5. The van der Waals surface area contributed by atoms with Gasteiger partial charge in [-0.1, -0.05) is 0 Å². The fourth-order valence-corrected chi connectivity index (χ4v) is 8.75. The highest BCUT2D eigenvalue weighted by molar-refractivity contribution is 7.89. The van der Waals surface area contributed by atoms with Crippen molar-refractivity contribution in [2.45, 2.75) is 56.7 Å². The van der Waals surface area contributed by atoms with Crippen LogP contribution < -0.4 is 15.3 Å². The minimum atomic E-state index is -3.52. The highest BCUT2D eigenvalue weighted by atomic mass is 32.2. The smallest absolute Gasteiger partial charge is 0.397 e. The van der Waals surface area contributed by atoms with E-state index in [4.69, 9.17) is 9.39 Å². The van der Waals surface area contributed by atoms with Gasteiger partial charge in [0, 0.05) is 50.1 Å². The first-order valence-electron chi connectivity index (χ1n) is 17.7. The summed E-state index contributed by atoms with van der Waals surface area (Å²) in [6.07, 6.45) is 5.52. The maximum atomic E-state index is 13.1. The Bertz CT molecular complexity index is 2080. The van der Waals surface area contributed by atoms with Crippen LogP contribution in [0.4, 0.5) is 5.82 Å². The number of sulfonamides is 1. The molecule has 53 heavy (non-hydrogen) atoms. The van der Waals surface area contributed by atoms with Gasteiger partial charge in [0.15, 0.2) is 0 Å². The Morgan fingerprint density at radius 2 is 1.72 bits per heavy atom. The van der Waals surface area contributed by atoms with E-state index in [9.17, 15) is 32.9 Å². The molecule has 2 N–H and O–H groups in total. The number of hydrogen-bond acceptors (Lipinski definition) is 13. The Morgan fingerprint density at radius 1 is 0.943 bits per heavy atom. The molecular formula is C35H38BN8O8S. The molecule has 4 heterocycles. The van der Waals surface area contributed by atoms with Crippen molar-refractivity contribution >= 4 is 57.9 Å². The van der Waals surface area contributed by atoms with Gasteiger partial charge in [-0.25, -0.2) is 18.4 Å². The number of nitrogens with zero attached hydrogens (tertiary/aromatic N) is 6. The van der Waals surface area contributed by atoms with Crippen molar-refractivity contribution in [1.29, 1.82) is 5.26 Å². The lowest BCUT2D eigenvalue weighted by Gasteiger charge is -2.41. The zero-order chi connectivity index (χ0) is 37.1. The highest BCUT2D eigenvalue weighted by Crippen LogP contribution is 2.31. The monoisotopic (exact) mass is 741 g/mol. The largest absolute Gasteiger partial charge is 0.560 e. The van der Waals surface area contributed by atoms with Crippen molar-refractivity contribution in [3.05, 3.63) is 59.4 Å². The number of ether oxygens (including phenoxy) is 1. The number of benzene rings is 2. The summed E-state index contributed by atoms with van der Waals surface area (Å²) in [5.41, 5.74) is 1.58. The van der Waals surface area contributed by atoms with Crippen LogP contribution in [0.1, 0.15) is 64.8 Å². The molecule has 1 aromatic heterocycles. The zero-order valence-electron chi connectivity index (χ0n) is 28.9. The Balaban J connectivity index is 0.804. The van der Waals surface area contributed by atoms with E-state index in [1.165, 1.54) is 36.3 Å². The first kappa shape index (κ1) is 36.4. The molecule has 18 heteroatoms. The number of fused-ring (bicyclic) bond motifs is 2. The van der Waals surface area contributed by atoms with Gasteiger partial charge in [-0.05, 0) is 68.5 Å². The molecule has 3 fully saturated rings. The summed E-state index contributed by atoms with van der Waals surface area (Å²) in [5, 5.41) is 15.9. The Kier molecular flexibility index (Phi) is 10.7. The van der Waals surface area contributed by atoms with Gasteiger partial charge in [0.05, 0.1) is 52.9 Å². The minimum Gasteiger partial charge on any atom is -0.560 e. The van der Waals surface area contributed by atoms with Crippen LogP contribution in [0.25, 0.3) is 10.9 Å². The molecule has 0 spiro atoms. The molecule has 1 aliphatic carbocycles. The minimum absolute atomic E-state index is 0.0124. The van der Waals surface area contributed by atoms with Crippen LogP contribution in [0.2, 0.25) is 0 Å². The van der Waals surface area contributed by atoms with Crippen LogP contribution in [-0.2, 0) is 24.3 Å². The number of carbonyl (C=O) groups excluding carboxylic acids is 4. The molecule has 2 aromatic carbocycles. The number of imide groups is 2. The molecule has 4 aliphatic rings. The van der Waals surface area contributed by atoms with Crippen LogP contribution >= 0.6 is 0 Å². The maximum absolute atomic E-state index is 13.1. The van der Waals surface area contributed by atoms with Crippen molar-refractivity contribution in [2.75, 3.05) is 50.4 Å². The van der Waals surface area contributed by atoms with Crippen molar-refractivity contribution in [2.24, 2.45) is 0 Å². The van der Waals surface area contributed by atoms with E-state index < -0.39 is 39.7 Å². The van der Waals surface area contributed by atoms with Crippen LogP contribution in [0.5, 0.6) is 5.75 Å². The van der Waals surface area contributed by atoms with E-state index in [2.05, 4.69) is 31.6 Å². The lowest BCUT2D eigenvalue weighted by Crippen LogP contribution is -2.54. The summed E-state index contributed by atoms with van der Waals surface area (Å²) in [5.74, 6) is -1.54. The van der Waals surface area contributed by atoms with Crippen molar-refractivity contribution in [3.63, 3.8) is 0 Å². The average Bonchev–Trinajstić information content (AvgIpc) is 3.41. The number of piperazine rings is 1. The van der Waals surface area contributed by atoms with Crippen LogP contribution in [0, 0.1) is 11.3 Å². The van der Waals surface area contributed by atoms with Gasteiger partial charge in [-0.3, -0.25) is 34.3 Å². The third-order valence-corrected chi connectivity index (χ3v) is 12.1. The summed E-state index contributed by atoms with van der Waals surface area (Å²) in [4.78, 5) is 61.7. The summed E-state index contributed by atoms with van der Waals surface area (Å²) in [7, 11) is -2.19. The number of nitriles is 1. The number of rotatable bonds is 12. The zero-order valence-corrected chi connectivity index (χ0v) is 29.7. The van der Waals surface area contributed by atoms with E-state index in [-0.39, 0.29) is 54.6 Å². The van der Waals surface area contributed by atoms with Crippen LogP contribution in [0.15, 0.2) is 42.7 Å². The summed E-state index contributed by atoms with van der Waals surface area (Å²) >= 11 is 0. The van der Waals surface area contributed by atoms with Crippen LogP contribution in [0.3, 0.4) is 0 Å². The van der Waals surface area contributed by atoms with Crippen molar-refractivity contribution in [1.82, 2.24) is 29.4 Å². The predicted molar refractivity (Wildman–Crippen MR) is 191 cm³/mol. The van der Waals surface area contributed by atoms with Gasteiger partial charge < -0.3 is 14.7 Å². The summed E-state index contributed by atoms with van der Waals surface area (Å²) in [6, 6.07) is 11.5. The molecule has 3 aromatic rings. The summed E-state index contributed by atoms with van der Waals surface area (Å²) < 4.78 is 38.7. The van der Waals surface area contributed by atoms with E-state index in [1.54, 1.807) is 6.07 Å². The second kappa shape index (κ2) is 15.6. The number of piperidine rings is 1. The molecule has 0 bridgehead atoms. The van der Waals surface area contributed by atoms with Gasteiger partial charge in [0.2, 0.25) is 21.8 Å². The molecule has 1 atom stereocenters. The quantitative estimate of drug-likeness (QED) is 0.153. The molecule has 1 saturated carbocycles. The maximum Gasteiger partial charge on any atom is 0.397 e. The molecule has 2 saturated heterocycles. The van der Waals surface area contributed by atoms with Crippen molar-refractivity contribution in [3.8, 4) is 11.8 Å². The third kappa shape index (κ3) is 7.88. The van der Waals surface area contributed by atoms with Gasteiger partial charge in [-0.2, -0.15) is 9.57 Å². The normalized spacial score (nSPS) is 22.7. The fraction of sp³-hybridized carbons (Fsp3) is 0.457. The molecule has 1 unspecified atom stereocenters. The van der Waals surface area contributed by atoms with Crippen LogP contribution in [-0.4, -0.2) is 127 Å². The standard InChI is InChI=1S/C35H38BN8O8S/c37-19-22-1-8-29-28(17-22)32(39-21-38-29)40-23-2-4-24(5-3-23)42-11-13-43(14-12-42)53(49,50)16-15-51-20-36-52-25-6-7-26-27(18-25)35(48)44(34(26)47)30-9-10-31(45)41-33(30)46/h1,6-8,17-18,21,23-24,30H,2-5,9-16,20H2,(H,38,39,40)(H,41,45,46). The number of hydrogen-bond donors (Lipinski definition) is 2. The van der Waals surface area contributed by atoms with Gasteiger partial charge in [-0.15, -0.1) is 0 Å². The Labute approximate surface area is 307 Å². The Morgan fingerprint density at radius 3 is 2.47 bits per heavy atom. The number of amides is 4.